The monoisotopic (exact) mass is 394 g/mol. The molecule has 1 aliphatic heterocycles. The summed E-state index contributed by atoms with van der Waals surface area (Å²) in [5.74, 6) is 0.591. The molecule has 146 valence electrons. The van der Waals surface area contributed by atoms with Crippen LogP contribution in [0.25, 0.3) is 0 Å². The second kappa shape index (κ2) is 8.10. The number of hydrogen-bond acceptors (Lipinski definition) is 7. The smallest absolute Gasteiger partial charge is 0.309 e. The Morgan fingerprint density at radius 2 is 1.93 bits per heavy atom. The minimum Gasteiger partial charge on any atom is -0.497 e. The number of aromatic nitrogens is 1. The van der Waals surface area contributed by atoms with Crippen LogP contribution in [0.15, 0.2) is 39.8 Å². The molecule has 2 aromatic rings. The van der Waals surface area contributed by atoms with Gasteiger partial charge in [-0.05, 0) is 44.0 Å². The lowest BCUT2D eigenvalue weighted by atomic mass is 9.98. The Kier molecular flexibility index (Phi) is 5.81. The van der Waals surface area contributed by atoms with Crippen molar-refractivity contribution in [2.75, 3.05) is 20.2 Å². The van der Waals surface area contributed by atoms with Crippen LogP contribution in [0.4, 0.5) is 0 Å². The Balaban J connectivity index is 1.54. The molecule has 1 aromatic heterocycles. The zero-order valence-corrected chi connectivity index (χ0v) is 16.1. The summed E-state index contributed by atoms with van der Waals surface area (Å²) < 4.78 is 42.1. The van der Waals surface area contributed by atoms with Gasteiger partial charge in [-0.25, -0.2) is 8.42 Å². The van der Waals surface area contributed by atoms with E-state index in [9.17, 15) is 13.2 Å². The zero-order valence-electron chi connectivity index (χ0n) is 15.3. The van der Waals surface area contributed by atoms with Crippen LogP contribution in [0, 0.1) is 12.8 Å². The average molecular weight is 394 g/mol. The van der Waals surface area contributed by atoms with Gasteiger partial charge in [-0.2, -0.15) is 4.31 Å². The van der Waals surface area contributed by atoms with Gasteiger partial charge >= 0.3 is 5.97 Å². The fourth-order valence-corrected chi connectivity index (χ4v) is 4.45. The summed E-state index contributed by atoms with van der Waals surface area (Å²) >= 11 is 0. The van der Waals surface area contributed by atoms with Gasteiger partial charge in [0.25, 0.3) is 0 Å². The number of ether oxygens (including phenoxy) is 2. The SMILES string of the molecule is COc1ccc(S(=O)(=O)N2CCC(C(=O)OCc3cc(C)on3)CC2)cc1. The van der Waals surface area contributed by atoms with Gasteiger partial charge in [-0.3, -0.25) is 4.79 Å². The molecular formula is C18H22N2O6S. The molecule has 9 heteroatoms. The average Bonchev–Trinajstić information content (AvgIpc) is 3.11. The van der Waals surface area contributed by atoms with E-state index in [0.717, 1.165) is 0 Å². The molecule has 0 bridgehead atoms. The highest BCUT2D eigenvalue weighted by Crippen LogP contribution is 2.26. The van der Waals surface area contributed by atoms with E-state index in [-0.39, 0.29) is 36.5 Å². The highest BCUT2D eigenvalue weighted by Gasteiger charge is 2.32. The molecule has 0 radical (unpaired) electrons. The number of methoxy groups -OCH3 is 1. The number of sulfonamides is 1. The quantitative estimate of drug-likeness (QED) is 0.692. The number of piperidine rings is 1. The van der Waals surface area contributed by atoms with E-state index >= 15 is 0 Å². The number of esters is 1. The summed E-state index contributed by atoms with van der Waals surface area (Å²) in [6.45, 7) is 2.37. The van der Waals surface area contributed by atoms with Crippen LogP contribution in [-0.2, 0) is 26.2 Å². The minimum absolute atomic E-state index is 0.0561. The standard InChI is InChI=1S/C18H22N2O6S/c1-13-11-15(19-26-13)12-25-18(21)14-7-9-20(10-8-14)27(22,23)17-5-3-16(24-2)4-6-17/h3-6,11,14H,7-10,12H2,1-2H3. The van der Waals surface area contributed by atoms with Crippen LogP contribution in [0.1, 0.15) is 24.3 Å². The maximum Gasteiger partial charge on any atom is 0.309 e. The maximum atomic E-state index is 12.7. The minimum atomic E-state index is -3.59. The molecule has 2 heterocycles. The van der Waals surface area contributed by atoms with E-state index in [0.29, 0.717) is 30.0 Å². The Labute approximate surface area is 158 Å². The Hall–Kier alpha value is -2.39. The van der Waals surface area contributed by atoms with Crippen LogP contribution < -0.4 is 4.74 Å². The lowest BCUT2D eigenvalue weighted by Gasteiger charge is -2.30. The lowest BCUT2D eigenvalue weighted by molar-refractivity contribution is -0.151. The van der Waals surface area contributed by atoms with Crippen molar-refractivity contribution in [2.45, 2.75) is 31.3 Å². The number of aryl methyl sites for hydroxylation is 1. The van der Waals surface area contributed by atoms with Crippen molar-refractivity contribution in [3.05, 3.63) is 41.8 Å². The molecule has 1 aliphatic rings. The molecule has 0 N–H and O–H groups in total. The van der Waals surface area contributed by atoms with Crippen molar-refractivity contribution < 1.29 is 27.2 Å². The van der Waals surface area contributed by atoms with Crippen molar-refractivity contribution in [2.24, 2.45) is 5.92 Å². The molecule has 1 saturated heterocycles. The molecule has 27 heavy (non-hydrogen) atoms. The van der Waals surface area contributed by atoms with E-state index in [1.54, 1.807) is 25.1 Å². The number of benzene rings is 1. The highest BCUT2D eigenvalue weighted by atomic mass is 32.2. The predicted molar refractivity (Wildman–Crippen MR) is 95.5 cm³/mol. The maximum absolute atomic E-state index is 12.7. The first-order valence-corrected chi connectivity index (χ1v) is 10.1. The Morgan fingerprint density at radius 1 is 1.26 bits per heavy atom. The van der Waals surface area contributed by atoms with E-state index in [4.69, 9.17) is 14.0 Å². The van der Waals surface area contributed by atoms with Gasteiger partial charge in [0, 0.05) is 19.2 Å². The molecule has 8 nitrogen and oxygen atoms in total. The van der Waals surface area contributed by atoms with Crippen molar-refractivity contribution in [3.63, 3.8) is 0 Å². The first-order chi connectivity index (χ1) is 12.9. The van der Waals surface area contributed by atoms with Gasteiger partial charge in [-0.15, -0.1) is 0 Å². The van der Waals surface area contributed by atoms with Crippen LogP contribution in [0.5, 0.6) is 5.75 Å². The Bertz CT molecular complexity index is 883. The van der Waals surface area contributed by atoms with Crippen LogP contribution >= 0.6 is 0 Å². The molecule has 0 aliphatic carbocycles. The second-order valence-electron chi connectivity index (χ2n) is 6.39. The van der Waals surface area contributed by atoms with Gasteiger partial charge in [0.1, 0.15) is 23.8 Å². The molecule has 0 atom stereocenters. The summed E-state index contributed by atoms with van der Waals surface area (Å²) in [7, 11) is -2.06. The van der Waals surface area contributed by atoms with Gasteiger partial charge in [0.05, 0.1) is 17.9 Å². The van der Waals surface area contributed by atoms with Crippen molar-refractivity contribution >= 4 is 16.0 Å². The molecule has 0 amide bonds. The third-order valence-electron chi connectivity index (χ3n) is 4.52. The normalized spacial score (nSPS) is 16.2. The van der Waals surface area contributed by atoms with Gasteiger partial charge in [0.15, 0.2) is 0 Å². The lowest BCUT2D eigenvalue weighted by Crippen LogP contribution is -2.40. The predicted octanol–water partition coefficient (Wildman–Crippen LogP) is 2.14. The second-order valence-corrected chi connectivity index (χ2v) is 8.33. The van der Waals surface area contributed by atoms with E-state index < -0.39 is 10.0 Å². The molecular weight excluding hydrogens is 372 g/mol. The molecule has 1 fully saturated rings. The van der Waals surface area contributed by atoms with Crippen molar-refractivity contribution in [1.82, 2.24) is 9.46 Å². The summed E-state index contributed by atoms with van der Waals surface area (Å²) in [6.07, 6.45) is 0.845. The Morgan fingerprint density at radius 3 is 2.48 bits per heavy atom. The zero-order chi connectivity index (χ0) is 19.4. The summed E-state index contributed by atoms with van der Waals surface area (Å²) in [6, 6.07) is 7.98. The third kappa shape index (κ3) is 4.48. The fraction of sp³-hybridized carbons (Fsp3) is 0.444. The number of rotatable bonds is 6. The number of hydrogen-bond donors (Lipinski definition) is 0. The van der Waals surface area contributed by atoms with Crippen molar-refractivity contribution in [3.8, 4) is 5.75 Å². The topological polar surface area (TPSA) is 98.9 Å². The van der Waals surface area contributed by atoms with Crippen molar-refractivity contribution in [1.29, 1.82) is 0 Å². The first-order valence-electron chi connectivity index (χ1n) is 8.63. The van der Waals surface area contributed by atoms with Gasteiger partial charge in [0.2, 0.25) is 10.0 Å². The number of nitrogens with zero attached hydrogens (tertiary/aromatic N) is 2. The largest absolute Gasteiger partial charge is 0.497 e. The van der Waals surface area contributed by atoms with Gasteiger partial charge in [-0.1, -0.05) is 5.16 Å². The van der Waals surface area contributed by atoms with E-state index in [1.807, 2.05) is 0 Å². The molecule has 1 aromatic carbocycles. The van der Waals surface area contributed by atoms with E-state index in [2.05, 4.69) is 5.16 Å². The van der Waals surface area contributed by atoms with Gasteiger partial charge < -0.3 is 14.0 Å². The number of carbonyl (C=O) groups is 1. The summed E-state index contributed by atoms with van der Waals surface area (Å²) in [4.78, 5) is 12.4. The molecule has 0 unspecified atom stereocenters. The first kappa shape index (κ1) is 19.4. The summed E-state index contributed by atoms with van der Waals surface area (Å²) in [5.41, 5.74) is 0.556. The third-order valence-corrected chi connectivity index (χ3v) is 6.44. The van der Waals surface area contributed by atoms with Crippen LogP contribution in [-0.4, -0.2) is 44.0 Å². The molecule has 0 spiro atoms. The number of carbonyl (C=O) groups excluding carboxylic acids is 1. The van der Waals surface area contributed by atoms with Crippen LogP contribution in [0.3, 0.4) is 0 Å². The summed E-state index contributed by atoms with van der Waals surface area (Å²) in [5, 5.41) is 3.77. The molecule has 0 saturated carbocycles. The van der Waals surface area contributed by atoms with Crippen LogP contribution in [0.2, 0.25) is 0 Å². The highest BCUT2D eigenvalue weighted by molar-refractivity contribution is 7.89. The van der Waals surface area contributed by atoms with E-state index in [1.165, 1.54) is 23.5 Å². The fourth-order valence-electron chi connectivity index (χ4n) is 2.98. The molecule has 3 rings (SSSR count).